The summed E-state index contributed by atoms with van der Waals surface area (Å²) in [5, 5.41) is 9.89. The fourth-order valence-corrected chi connectivity index (χ4v) is 3.06. The van der Waals surface area contributed by atoms with E-state index in [4.69, 9.17) is 5.11 Å². The molecule has 2 rings (SSSR count). The van der Waals surface area contributed by atoms with Crippen molar-refractivity contribution in [3.8, 4) is 0 Å². The Morgan fingerprint density at radius 3 is 2.72 bits per heavy atom. The van der Waals surface area contributed by atoms with Crippen molar-refractivity contribution in [3.63, 3.8) is 0 Å². The predicted octanol–water partition coefficient (Wildman–Crippen LogP) is 1.36. The molecule has 1 N–H and O–H groups in total. The molecule has 1 aliphatic rings. The van der Waals surface area contributed by atoms with Crippen LogP contribution in [0.5, 0.6) is 0 Å². The molecule has 1 saturated heterocycles. The van der Waals surface area contributed by atoms with Gasteiger partial charge in [-0.1, -0.05) is 0 Å². The molecule has 0 spiro atoms. The van der Waals surface area contributed by atoms with E-state index in [1.165, 1.54) is 4.88 Å². The molecular formula is C12H19N3O2S. The molecule has 0 radical (unpaired) electrons. The molecule has 0 atom stereocenters. The van der Waals surface area contributed by atoms with Crippen LogP contribution in [-0.2, 0) is 4.79 Å². The fraction of sp³-hybridized carbons (Fsp3) is 0.667. The third kappa shape index (κ3) is 3.20. The van der Waals surface area contributed by atoms with Crippen LogP contribution < -0.4 is 4.90 Å². The molecule has 100 valence electrons. The molecule has 1 fully saturated rings. The zero-order valence-electron chi connectivity index (χ0n) is 10.8. The topological polar surface area (TPSA) is 56.7 Å². The third-order valence-electron chi connectivity index (χ3n) is 3.24. The summed E-state index contributed by atoms with van der Waals surface area (Å²) in [6.45, 7) is 7.73. The van der Waals surface area contributed by atoms with Gasteiger partial charge in [-0.15, -0.1) is 11.3 Å². The van der Waals surface area contributed by atoms with Crippen LogP contribution in [0, 0.1) is 13.8 Å². The summed E-state index contributed by atoms with van der Waals surface area (Å²) in [6.07, 6.45) is 0.991. The molecule has 1 aromatic rings. The lowest BCUT2D eigenvalue weighted by molar-refractivity contribution is -0.138. The lowest BCUT2D eigenvalue weighted by Gasteiger charge is -2.20. The highest BCUT2D eigenvalue weighted by atomic mass is 32.1. The van der Waals surface area contributed by atoms with Crippen molar-refractivity contribution < 1.29 is 9.90 Å². The summed E-state index contributed by atoms with van der Waals surface area (Å²) in [7, 11) is 0. The van der Waals surface area contributed by atoms with E-state index < -0.39 is 5.97 Å². The van der Waals surface area contributed by atoms with Crippen molar-refractivity contribution in [2.45, 2.75) is 20.3 Å². The summed E-state index contributed by atoms with van der Waals surface area (Å²) in [4.78, 5) is 20.8. The van der Waals surface area contributed by atoms with Crippen LogP contribution in [0.3, 0.4) is 0 Å². The number of carboxylic acids is 1. The predicted molar refractivity (Wildman–Crippen MR) is 72.5 cm³/mol. The highest BCUT2D eigenvalue weighted by Crippen LogP contribution is 2.25. The molecule has 0 unspecified atom stereocenters. The summed E-state index contributed by atoms with van der Waals surface area (Å²) >= 11 is 1.73. The van der Waals surface area contributed by atoms with Gasteiger partial charge in [-0.25, -0.2) is 4.98 Å². The van der Waals surface area contributed by atoms with Crippen LogP contribution in [0.2, 0.25) is 0 Å². The number of aliphatic carboxylic acids is 1. The first-order chi connectivity index (χ1) is 8.56. The number of aromatic nitrogens is 1. The number of hydrogen-bond acceptors (Lipinski definition) is 5. The summed E-state index contributed by atoms with van der Waals surface area (Å²) in [5.41, 5.74) is 1.10. The molecule has 2 heterocycles. The quantitative estimate of drug-likeness (QED) is 0.898. The van der Waals surface area contributed by atoms with Crippen LogP contribution in [-0.4, -0.2) is 53.7 Å². The second-order valence-electron chi connectivity index (χ2n) is 4.65. The Labute approximate surface area is 111 Å². The van der Waals surface area contributed by atoms with E-state index in [0.717, 1.165) is 43.4 Å². The molecule has 0 aliphatic carbocycles. The monoisotopic (exact) mass is 269 g/mol. The van der Waals surface area contributed by atoms with Crippen LogP contribution in [0.4, 0.5) is 5.13 Å². The molecule has 1 aliphatic heterocycles. The van der Waals surface area contributed by atoms with E-state index in [-0.39, 0.29) is 6.54 Å². The zero-order valence-corrected chi connectivity index (χ0v) is 11.7. The molecule has 5 nitrogen and oxygen atoms in total. The highest BCUT2D eigenvalue weighted by Gasteiger charge is 2.19. The number of carboxylic acid groups (broad SMARTS) is 1. The average Bonchev–Trinajstić information content (AvgIpc) is 2.52. The number of hydrogen-bond donors (Lipinski definition) is 1. The fourth-order valence-electron chi connectivity index (χ4n) is 2.10. The largest absolute Gasteiger partial charge is 0.480 e. The van der Waals surface area contributed by atoms with Crippen LogP contribution in [0.25, 0.3) is 0 Å². The lowest BCUT2D eigenvalue weighted by atomic mass is 10.4. The van der Waals surface area contributed by atoms with E-state index in [2.05, 4.69) is 16.8 Å². The van der Waals surface area contributed by atoms with Gasteiger partial charge in [0.05, 0.1) is 12.2 Å². The zero-order chi connectivity index (χ0) is 13.1. The van der Waals surface area contributed by atoms with Gasteiger partial charge in [-0.3, -0.25) is 9.69 Å². The minimum atomic E-state index is -0.746. The Kier molecular flexibility index (Phi) is 4.19. The van der Waals surface area contributed by atoms with E-state index in [0.29, 0.717) is 0 Å². The minimum Gasteiger partial charge on any atom is -0.480 e. The van der Waals surface area contributed by atoms with Gasteiger partial charge in [-0.2, -0.15) is 0 Å². The number of thiazole rings is 1. The van der Waals surface area contributed by atoms with Gasteiger partial charge in [-0.05, 0) is 20.3 Å². The van der Waals surface area contributed by atoms with Gasteiger partial charge in [0.2, 0.25) is 0 Å². The Hall–Kier alpha value is -1.14. The SMILES string of the molecule is Cc1nc(N2CCCN(CC(=O)O)CC2)sc1C. The third-order valence-corrected chi connectivity index (χ3v) is 4.37. The summed E-state index contributed by atoms with van der Waals surface area (Å²) in [6, 6.07) is 0. The molecule has 18 heavy (non-hydrogen) atoms. The Balaban J connectivity index is 1.98. The first-order valence-electron chi connectivity index (χ1n) is 6.19. The second-order valence-corrected chi connectivity index (χ2v) is 5.83. The van der Waals surface area contributed by atoms with Gasteiger partial charge in [0.15, 0.2) is 5.13 Å². The van der Waals surface area contributed by atoms with Gasteiger partial charge in [0, 0.05) is 31.1 Å². The first kappa shape index (κ1) is 13.3. The van der Waals surface area contributed by atoms with Gasteiger partial charge < -0.3 is 10.0 Å². The maximum absolute atomic E-state index is 10.7. The first-order valence-corrected chi connectivity index (χ1v) is 7.01. The van der Waals surface area contributed by atoms with E-state index in [9.17, 15) is 4.79 Å². The van der Waals surface area contributed by atoms with E-state index in [1.807, 2.05) is 11.8 Å². The summed E-state index contributed by atoms with van der Waals surface area (Å²) in [5.74, 6) is -0.746. The van der Waals surface area contributed by atoms with Crippen molar-refractivity contribution in [3.05, 3.63) is 10.6 Å². The minimum absolute atomic E-state index is 0.143. The second kappa shape index (κ2) is 5.67. The highest BCUT2D eigenvalue weighted by molar-refractivity contribution is 7.15. The van der Waals surface area contributed by atoms with Crippen LogP contribution in [0.15, 0.2) is 0 Å². The van der Waals surface area contributed by atoms with Crippen molar-refractivity contribution in [2.24, 2.45) is 0 Å². The molecular weight excluding hydrogens is 250 g/mol. The van der Waals surface area contributed by atoms with Gasteiger partial charge in [0.25, 0.3) is 0 Å². The maximum atomic E-state index is 10.7. The van der Waals surface area contributed by atoms with Gasteiger partial charge >= 0.3 is 5.97 Å². The number of carbonyl (C=O) groups is 1. The van der Waals surface area contributed by atoms with Crippen LogP contribution >= 0.6 is 11.3 Å². The van der Waals surface area contributed by atoms with Crippen molar-refractivity contribution in [2.75, 3.05) is 37.6 Å². The Bertz CT molecular complexity index is 413. The number of aryl methyl sites for hydroxylation is 2. The molecule has 0 aromatic carbocycles. The Morgan fingerprint density at radius 2 is 2.11 bits per heavy atom. The molecule has 6 heteroatoms. The standard InChI is InChI=1S/C12H19N3O2S/c1-9-10(2)18-12(13-9)15-5-3-4-14(6-7-15)8-11(16)17/h3-8H2,1-2H3,(H,16,17). The van der Waals surface area contributed by atoms with Crippen molar-refractivity contribution in [1.29, 1.82) is 0 Å². The average molecular weight is 269 g/mol. The molecule has 0 saturated carbocycles. The summed E-state index contributed by atoms with van der Waals surface area (Å²) < 4.78 is 0. The Morgan fingerprint density at radius 1 is 1.33 bits per heavy atom. The lowest BCUT2D eigenvalue weighted by Crippen LogP contribution is -2.34. The van der Waals surface area contributed by atoms with E-state index in [1.54, 1.807) is 11.3 Å². The molecule has 0 bridgehead atoms. The van der Waals surface area contributed by atoms with Crippen molar-refractivity contribution >= 4 is 22.4 Å². The number of nitrogens with zero attached hydrogens (tertiary/aromatic N) is 3. The molecule has 0 amide bonds. The normalized spacial score (nSPS) is 17.8. The number of anilines is 1. The number of rotatable bonds is 3. The van der Waals surface area contributed by atoms with Gasteiger partial charge in [0.1, 0.15) is 0 Å². The maximum Gasteiger partial charge on any atom is 0.317 e. The molecule has 1 aromatic heterocycles. The smallest absolute Gasteiger partial charge is 0.317 e. The van der Waals surface area contributed by atoms with Crippen LogP contribution in [0.1, 0.15) is 17.0 Å². The van der Waals surface area contributed by atoms with Crippen molar-refractivity contribution in [1.82, 2.24) is 9.88 Å². The van der Waals surface area contributed by atoms with E-state index >= 15 is 0 Å².